The van der Waals surface area contributed by atoms with Crippen LogP contribution in [0.5, 0.6) is 0 Å². The molecular weight excluding hydrogens is 949 g/mol. The molecule has 6 nitrogen and oxygen atoms in total. The minimum Gasteiger partial charge on any atom is -0.462 e. The van der Waals surface area contributed by atoms with Gasteiger partial charge in [0.15, 0.2) is 6.10 Å². The highest BCUT2D eigenvalue weighted by molar-refractivity contribution is 5.71. The summed E-state index contributed by atoms with van der Waals surface area (Å²) in [5.74, 6) is -1.11. The van der Waals surface area contributed by atoms with E-state index in [0.29, 0.717) is 19.3 Å². The standard InChI is InChI=1S/C71H114O6/c1-4-7-10-13-16-19-22-25-28-31-34-35-38-40-43-46-49-52-55-58-61-64-70(73)76-67-68(77-71(74)65-62-59-56-53-50-47-44-41-37-33-30-27-24-21-18-15-12-9-6-3)66-75-69(72)63-60-57-54-51-48-45-42-39-36-32-29-26-23-20-17-14-11-8-5-2/h8-9,11-12,17-18,20-21,26-27,29-30,36-37,39,41,45,47-48,50,54,56-57,59,68H,4-7,10,13-16,19,22-25,28,31-35,38,40,42-44,46,49,51-53,55,58,60-67H2,1-3H3/b11-8-,12-9-,20-17-,21-18-,29-26-,30-27-,39-36-,41-37-,48-45-,50-47-,57-54-,59-56-. The first kappa shape index (κ1) is 72.3. The van der Waals surface area contributed by atoms with Gasteiger partial charge in [0, 0.05) is 19.3 Å². The first-order chi connectivity index (χ1) is 38.0. The second kappa shape index (κ2) is 63.8. The van der Waals surface area contributed by atoms with Crippen molar-refractivity contribution < 1.29 is 28.6 Å². The van der Waals surface area contributed by atoms with Crippen molar-refractivity contribution >= 4 is 17.9 Å². The first-order valence-electron chi connectivity index (χ1n) is 31.3. The molecule has 0 amide bonds. The minimum absolute atomic E-state index is 0.135. The number of rotatable bonds is 55. The second-order valence-electron chi connectivity index (χ2n) is 20.2. The van der Waals surface area contributed by atoms with Crippen molar-refractivity contribution in [2.24, 2.45) is 0 Å². The lowest BCUT2D eigenvalue weighted by molar-refractivity contribution is -0.166. The Hall–Kier alpha value is -4.71. The van der Waals surface area contributed by atoms with Crippen LogP contribution in [0.4, 0.5) is 0 Å². The van der Waals surface area contributed by atoms with Crippen molar-refractivity contribution in [3.05, 3.63) is 146 Å². The van der Waals surface area contributed by atoms with Crippen LogP contribution in [-0.2, 0) is 28.6 Å². The van der Waals surface area contributed by atoms with Gasteiger partial charge < -0.3 is 14.2 Å². The largest absolute Gasteiger partial charge is 0.462 e. The van der Waals surface area contributed by atoms with Gasteiger partial charge in [0.25, 0.3) is 0 Å². The molecule has 0 aromatic rings. The van der Waals surface area contributed by atoms with Crippen LogP contribution in [-0.4, -0.2) is 37.2 Å². The minimum atomic E-state index is -0.855. The van der Waals surface area contributed by atoms with Gasteiger partial charge in [-0.25, -0.2) is 0 Å². The van der Waals surface area contributed by atoms with Gasteiger partial charge in [0.2, 0.25) is 0 Å². The van der Waals surface area contributed by atoms with Crippen LogP contribution in [0.2, 0.25) is 0 Å². The monoisotopic (exact) mass is 1060 g/mol. The summed E-state index contributed by atoms with van der Waals surface area (Å²) in [4.78, 5) is 38.2. The van der Waals surface area contributed by atoms with Crippen molar-refractivity contribution in [3.63, 3.8) is 0 Å². The molecule has 0 aliphatic rings. The topological polar surface area (TPSA) is 78.9 Å². The van der Waals surface area contributed by atoms with Crippen molar-refractivity contribution in [3.8, 4) is 0 Å². The molecule has 0 radical (unpaired) electrons. The van der Waals surface area contributed by atoms with E-state index in [4.69, 9.17) is 14.2 Å². The molecule has 0 aromatic carbocycles. The van der Waals surface area contributed by atoms with Crippen molar-refractivity contribution in [2.45, 2.75) is 271 Å². The summed E-state index contributed by atoms with van der Waals surface area (Å²) >= 11 is 0. The Bertz CT molecular complexity index is 1700. The highest BCUT2D eigenvalue weighted by atomic mass is 16.6. The van der Waals surface area contributed by atoms with E-state index in [1.807, 2.05) is 24.3 Å². The number of hydrogen-bond acceptors (Lipinski definition) is 6. The molecule has 0 fully saturated rings. The Balaban J connectivity index is 4.58. The van der Waals surface area contributed by atoms with Gasteiger partial charge in [-0.1, -0.05) is 295 Å². The van der Waals surface area contributed by atoms with Gasteiger partial charge in [-0.3, -0.25) is 14.4 Å². The third-order valence-corrected chi connectivity index (χ3v) is 12.9. The highest BCUT2D eigenvalue weighted by Gasteiger charge is 2.19. The van der Waals surface area contributed by atoms with Gasteiger partial charge in [-0.2, -0.15) is 0 Å². The van der Waals surface area contributed by atoms with Crippen LogP contribution in [0.15, 0.2) is 146 Å². The van der Waals surface area contributed by atoms with E-state index >= 15 is 0 Å². The maximum atomic E-state index is 12.9. The fourth-order valence-corrected chi connectivity index (χ4v) is 8.26. The van der Waals surface area contributed by atoms with Crippen LogP contribution in [0, 0.1) is 0 Å². The van der Waals surface area contributed by atoms with E-state index in [2.05, 4.69) is 142 Å². The average molecular weight is 1060 g/mol. The van der Waals surface area contributed by atoms with Gasteiger partial charge in [0.05, 0.1) is 0 Å². The summed E-state index contributed by atoms with van der Waals surface area (Å²) in [6.07, 6.45) is 91.6. The molecule has 0 saturated heterocycles. The Kier molecular flexibility index (Phi) is 59.9. The molecule has 0 aromatic heterocycles. The quantitative estimate of drug-likeness (QED) is 0.0261. The second-order valence-corrected chi connectivity index (χ2v) is 20.2. The number of carbonyl (C=O) groups excluding carboxylic acids is 3. The lowest BCUT2D eigenvalue weighted by atomic mass is 10.0. The molecule has 0 rings (SSSR count). The van der Waals surface area contributed by atoms with Gasteiger partial charge in [-0.05, 0) is 96.3 Å². The normalized spacial score (nSPS) is 13.1. The van der Waals surface area contributed by atoms with E-state index in [1.54, 1.807) is 0 Å². The maximum Gasteiger partial charge on any atom is 0.306 e. The first-order valence-corrected chi connectivity index (χ1v) is 31.3. The molecule has 0 spiro atoms. The molecule has 6 heteroatoms. The number of carbonyl (C=O) groups is 3. The molecule has 0 N–H and O–H groups in total. The average Bonchev–Trinajstić information content (AvgIpc) is 3.43. The Labute approximate surface area is 474 Å². The third kappa shape index (κ3) is 62.0. The predicted octanol–water partition coefficient (Wildman–Crippen LogP) is 21.5. The van der Waals surface area contributed by atoms with Crippen LogP contribution >= 0.6 is 0 Å². The van der Waals surface area contributed by atoms with E-state index in [0.717, 1.165) is 96.3 Å². The Morgan fingerprint density at radius 3 is 0.792 bits per heavy atom. The van der Waals surface area contributed by atoms with Crippen LogP contribution in [0.1, 0.15) is 265 Å². The maximum absolute atomic E-state index is 12.9. The van der Waals surface area contributed by atoms with E-state index in [-0.39, 0.29) is 38.0 Å². The smallest absolute Gasteiger partial charge is 0.306 e. The Morgan fingerprint density at radius 2 is 0.506 bits per heavy atom. The zero-order chi connectivity index (χ0) is 55.7. The fourth-order valence-electron chi connectivity index (χ4n) is 8.26. The van der Waals surface area contributed by atoms with E-state index in [9.17, 15) is 14.4 Å². The van der Waals surface area contributed by atoms with Crippen LogP contribution in [0.25, 0.3) is 0 Å². The molecule has 77 heavy (non-hydrogen) atoms. The van der Waals surface area contributed by atoms with E-state index in [1.165, 1.54) is 116 Å². The van der Waals surface area contributed by atoms with Crippen molar-refractivity contribution in [2.75, 3.05) is 13.2 Å². The number of esters is 3. The van der Waals surface area contributed by atoms with Gasteiger partial charge in [0.1, 0.15) is 13.2 Å². The molecular formula is C71H114O6. The van der Waals surface area contributed by atoms with Crippen LogP contribution in [0.3, 0.4) is 0 Å². The van der Waals surface area contributed by atoms with E-state index < -0.39 is 12.1 Å². The number of hydrogen-bond donors (Lipinski definition) is 0. The highest BCUT2D eigenvalue weighted by Crippen LogP contribution is 2.16. The fraction of sp³-hybridized carbons (Fsp3) is 0.620. The SMILES string of the molecule is CC/C=C\C/C=C\C/C=C\C/C=C\C/C=C\C/C=C\CCC(=O)OCC(COC(=O)CCCCCCCCCCCCCCCCCCCCCCC)OC(=O)CC/C=C\C/C=C\C/C=C\C/C=C\C/C=C\C/C=C\CC. The third-order valence-electron chi connectivity index (χ3n) is 12.9. The van der Waals surface area contributed by atoms with Gasteiger partial charge in [-0.15, -0.1) is 0 Å². The summed E-state index contributed by atoms with van der Waals surface area (Å²) in [6, 6.07) is 0. The summed E-state index contributed by atoms with van der Waals surface area (Å²) in [5.41, 5.74) is 0. The number of ether oxygens (including phenoxy) is 3. The molecule has 0 aliphatic heterocycles. The molecule has 0 saturated carbocycles. The summed E-state index contributed by atoms with van der Waals surface area (Å²) in [5, 5.41) is 0. The van der Waals surface area contributed by atoms with Crippen molar-refractivity contribution in [1.29, 1.82) is 0 Å². The molecule has 434 valence electrons. The summed E-state index contributed by atoms with van der Waals surface area (Å²) in [7, 11) is 0. The number of unbranched alkanes of at least 4 members (excludes halogenated alkanes) is 20. The van der Waals surface area contributed by atoms with Gasteiger partial charge >= 0.3 is 17.9 Å². The predicted molar refractivity (Wildman–Crippen MR) is 334 cm³/mol. The number of allylic oxidation sites excluding steroid dienone is 24. The summed E-state index contributed by atoms with van der Waals surface area (Å²) < 4.78 is 16.8. The lowest BCUT2D eigenvalue weighted by Crippen LogP contribution is -2.30. The molecule has 0 bridgehead atoms. The Morgan fingerprint density at radius 1 is 0.273 bits per heavy atom. The molecule has 0 heterocycles. The van der Waals surface area contributed by atoms with Crippen molar-refractivity contribution in [1.82, 2.24) is 0 Å². The molecule has 1 unspecified atom stereocenters. The summed E-state index contributed by atoms with van der Waals surface area (Å²) in [6.45, 7) is 6.30. The molecule has 1 atom stereocenters. The van der Waals surface area contributed by atoms with Crippen LogP contribution < -0.4 is 0 Å². The zero-order valence-electron chi connectivity index (χ0n) is 49.7. The molecule has 0 aliphatic carbocycles. The lowest BCUT2D eigenvalue weighted by Gasteiger charge is -2.18. The zero-order valence-corrected chi connectivity index (χ0v) is 49.7.